The molecule has 238 valence electrons. The zero-order valence-electron chi connectivity index (χ0n) is 25.8. The van der Waals surface area contributed by atoms with E-state index in [0.717, 1.165) is 55.9 Å². The number of fused-ring (bicyclic) bond motifs is 4. The summed E-state index contributed by atoms with van der Waals surface area (Å²) in [7, 11) is -0.792. The number of carbonyl (C=O) groups is 1. The number of allylic oxidation sites excluding steroid dienone is 1. The first-order valence-electron chi connectivity index (χ1n) is 15.7. The normalized spacial score (nSPS) is 32.3. The summed E-state index contributed by atoms with van der Waals surface area (Å²) in [6.07, 6.45) is 9.56. The van der Waals surface area contributed by atoms with Crippen molar-refractivity contribution >= 4 is 33.2 Å². The SMILES string of the molecule is COC[C@@H]1C[C@H](C)/C=C/C(OC)C2CCC2CN2C[C@@]3(CCCc4cc(Cl)ccc43)COc3ccc(cc32)C(=O)NS1(=O)=O. The first kappa shape index (κ1) is 31.4. The molecule has 6 rings (SSSR count). The first-order valence-corrected chi connectivity index (χ1v) is 17.6. The lowest BCUT2D eigenvalue weighted by molar-refractivity contribution is 0.0130. The average Bonchev–Trinajstić information content (AvgIpc) is 3.13. The van der Waals surface area contributed by atoms with Crippen molar-refractivity contribution < 1.29 is 27.4 Å². The van der Waals surface area contributed by atoms with Crippen LogP contribution in [-0.2, 0) is 31.3 Å². The number of benzene rings is 2. The van der Waals surface area contributed by atoms with Crippen LogP contribution in [0.15, 0.2) is 48.6 Å². The van der Waals surface area contributed by atoms with Gasteiger partial charge in [0.05, 0.1) is 25.0 Å². The second kappa shape index (κ2) is 12.7. The monoisotopic (exact) mass is 642 g/mol. The molecular weight excluding hydrogens is 600 g/mol. The molecule has 6 atom stereocenters. The van der Waals surface area contributed by atoms with Crippen LogP contribution in [0.2, 0.25) is 5.02 Å². The fourth-order valence-corrected chi connectivity index (χ4v) is 9.33. The molecule has 2 aromatic carbocycles. The van der Waals surface area contributed by atoms with Gasteiger partial charge in [-0.05, 0) is 97.7 Å². The smallest absolute Gasteiger partial charge is 0.264 e. The largest absolute Gasteiger partial charge is 0.490 e. The highest BCUT2D eigenvalue weighted by Gasteiger charge is 2.44. The van der Waals surface area contributed by atoms with Crippen LogP contribution in [0.3, 0.4) is 0 Å². The van der Waals surface area contributed by atoms with E-state index < -0.39 is 21.2 Å². The molecule has 0 aromatic heterocycles. The van der Waals surface area contributed by atoms with Gasteiger partial charge in [-0.3, -0.25) is 4.79 Å². The van der Waals surface area contributed by atoms with Crippen LogP contribution < -0.4 is 14.4 Å². The maximum absolute atomic E-state index is 13.5. The molecular formula is C34H43ClN2O6S. The molecule has 10 heteroatoms. The Morgan fingerprint density at radius 2 is 1.98 bits per heavy atom. The minimum atomic E-state index is -4.02. The molecule has 3 unspecified atom stereocenters. The van der Waals surface area contributed by atoms with Crippen molar-refractivity contribution in [3.8, 4) is 5.75 Å². The fraction of sp³-hybridized carbons (Fsp3) is 0.559. The summed E-state index contributed by atoms with van der Waals surface area (Å²) in [6.45, 7) is 4.00. The number of hydrogen-bond donors (Lipinski definition) is 1. The van der Waals surface area contributed by atoms with Gasteiger partial charge < -0.3 is 19.1 Å². The van der Waals surface area contributed by atoms with Gasteiger partial charge in [-0.2, -0.15) is 0 Å². The number of nitrogens with zero attached hydrogens (tertiary/aromatic N) is 1. The standard InChI is InChI=1S/C34H43ClN2O6S/c1-22-6-12-31(42-3)28-10-7-25(28)18-37-20-34(14-4-5-23-16-26(35)9-11-29(23)34)21-43-32-13-8-24(17-30(32)37)33(38)36-44(39,40)27(15-22)19-41-2/h6,8-9,11-13,16-17,22,25,27-28,31H,4-5,7,10,14-15,18-21H2,1-3H3,(H,36,38)/b12-6+/t22-,25?,27+,28?,31?,34+/m1/s1. The first-order chi connectivity index (χ1) is 21.1. The van der Waals surface area contributed by atoms with E-state index in [-0.39, 0.29) is 29.6 Å². The Hall–Kier alpha value is -2.59. The van der Waals surface area contributed by atoms with Crippen LogP contribution in [0.4, 0.5) is 5.69 Å². The Balaban J connectivity index is 1.43. The summed E-state index contributed by atoms with van der Waals surface area (Å²) in [6, 6.07) is 11.5. The second-order valence-corrected chi connectivity index (χ2v) is 15.5. The van der Waals surface area contributed by atoms with Crippen LogP contribution in [0.25, 0.3) is 0 Å². The number of sulfonamides is 1. The van der Waals surface area contributed by atoms with Gasteiger partial charge in [0.15, 0.2) is 0 Å². The maximum Gasteiger partial charge on any atom is 0.264 e. The van der Waals surface area contributed by atoms with Crippen LogP contribution in [0.5, 0.6) is 5.75 Å². The van der Waals surface area contributed by atoms with Crippen LogP contribution >= 0.6 is 11.6 Å². The van der Waals surface area contributed by atoms with E-state index >= 15 is 0 Å². The molecule has 0 radical (unpaired) electrons. The predicted octanol–water partition coefficient (Wildman–Crippen LogP) is 5.52. The van der Waals surface area contributed by atoms with Crippen molar-refractivity contribution in [2.24, 2.45) is 17.8 Å². The number of halogens is 1. The minimum Gasteiger partial charge on any atom is -0.490 e. The molecule has 1 N–H and O–H groups in total. The van der Waals surface area contributed by atoms with Gasteiger partial charge in [-0.1, -0.05) is 36.7 Å². The molecule has 4 aliphatic rings. The van der Waals surface area contributed by atoms with Crippen molar-refractivity contribution in [2.75, 3.05) is 45.4 Å². The highest BCUT2D eigenvalue weighted by molar-refractivity contribution is 7.90. The molecule has 44 heavy (non-hydrogen) atoms. The summed E-state index contributed by atoms with van der Waals surface area (Å²) in [5.74, 6) is 0.722. The Bertz CT molecular complexity index is 1530. The summed E-state index contributed by atoms with van der Waals surface area (Å²) >= 11 is 6.41. The Morgan fingerprint density at radius 3 is 2.73 bits per heavy atom. The quantitative estimate of drug-likeness (QED) is 0.441. The molecule has 8 nitrogen and oxygen atoms in total. The van der Waals surface area contributed by atoms with Crippen LogP contribution in [0.1, 0.15) is 60.5 Å². The lowest BCUT2D eigenvalue weighted by Gasteiger charge is -2.46. The van der Waals surface area contributed by atoms with E-state index in [1.807, 2.05) is 19.1 Å². The second-order valence-electron chi connectivity index (χ2n) is 13.1. The molecule has 2 aliphatic carbocycles. The maximum atomic E-state index is 13.5. The number of aryl methyl sites for hydroxylation is 1. The van der Waals surface area contributed by atoms with E-state index in [9.17, 15) is 13.2 Å². The van der Waals surface area contributed by atoms with Gasteiger partial charge in [0.25, 0.3) is 5.91 Å². The van der Waals surface area contributed by atoms with Crippen LogP contribution in [-0.4, -0.2) is 66.2 Å². The third kappa shape index (κ3) is 6.13. The predicted molar refractivity (Wildman–Crippen MR) is 172 cm³/mol. The lowest BCUT2D eigenvalue weighted by Crippen LogP contribution is -2.49. The molecule has 1 saturated carbocycles. The highest BCUT2D eigenvalue weighted by Crippen LogP contribution is 2.47. The van der Waals surface area contributed by atoms with Crippen molar-refractivity contribution in [1.29, 1.82) is 0 Å². The Labute approximate surface area is 266 Å². The van der Waals surface area contributed by atoms with Crippen molar-refractivity contribution in [1.82, 2.24) is 4.72 Å². The number of nitrogens with one attached hydrogen (secondary N) is 1. The van der Waals surface area contributed by atoms with E-state index in [0.29, 0.717) is 30.6 Å². The summed E-state index contributed by atoms with van der Waals surface area (Å²) in [5, 5.41) is -0.144. The lowest BCUT2D eigenvalue weighted by atomic mass is 9.68. The van der Waals surface area contributed by atoms with E-state index in [1.54, 1.807) is 19.2 Å². The molecule has 2 bridgehead atoms. The van der Waals surface area contributed by atoms with Gasteiger partial charge in [0.1, 0.15) is 11.0 Å². The Kier molecular flexibility index (Phi) is 9.03. The number of hydrogen-bond acceptors (Lipinski definition) is 7. The van der Waals surface area contributed by atoms with Crippen molar-refractivity contribution in [3.63, 3.8) is 0 Å². The van der Waals surface area contributed by atoms with Gasteiger partial charge >= 0.3 is 0 Å². The molecule has 0 saturated heterocycles. The number of carbonyl (C=O) groups excluding carboxylic acids is 1. The van der Waals surface area contributed by atoms with Gasteiger partial charge in [0, 0.05) is 43.3 Å². The third-order valence-corrected chi connectivity index (χ3v) is 12.1. The number of rotatable bonds is 3. The number of ether oxygens (including phenoxy) is 3. The molecule has 2 aromatic rings. The van der Waals surface area contributed by atoms with E-state index in [4.69, 9.17) is 25.8 Å². The summed E-state index contributed by atoms with van der Waals surface area (Å²) < 4.78 is 47.1. The number of amides is 1. The molecule has 1 spiro atoms. The summed E-state index contributed by atoms with van der Waals surface area (Å²) in [4.78, 5) is 15.9. The molecule has 1 amide bonds. The number of anilines is 1. The van der Waals surface area contributed by atoms with E-state index in [2.05, 4.69) is 33.9 Å². The van der Waals surface area contributed by atoms with Gasteiger partial charge in [-0.15, -0.1) is 0 Å². The minimum absolute atomic E-state index is 0.0141. The van der Waals surface area contributed by atoms with Crippen molar-refractivity contribution in [2.45, 2.75) is 62.2 Å². The Morgan fingerprint density at radius 1 is 1.14 bits per heavy atom. The fourth-order valence-electron chi connectivity index (χ4n) is 7.72. The zero-order chi connectivity index (χ0) is 31.1. The molecule has 2 heterocycles. The zero-order valence-corrected chi connectivity index (χ0v) is 27.3. The molecule has 1 fully saturated rings. The topological polar surface area (TPSA) is 94.2 Å². The highest BCUT2D eigenvalue weighted by atomic mass is 35.5. The van der Waals surface area contributed by atoms with Crippen molar-refractivity contribution in [3.05, 3.63) is 70.3 Å². The van der Waals surface area contributed by atoms with Crippen LogP contribution in [0, 0.1) is 17.8 Å². The average molecular weight is 643 g/mol. The van der Waals surface area contributed by atoms with Gasteiger partial charge in [-0.25, -0.2) is 13.1 Å². The number of methoxy groups -OCH3 is 2. The van der Waals surface area contributed by atoms with Gasteiger partial charge in [0.2, 0.25) is 10.0 Å². The third-order valence-electron chi connectivity index (χ3n) is 10.2. The van der Waals surface area contributed by atoms with E-state index in [1.165, 1.54) is 18.2 Å². The molecule has 2 aliphatic heterocycles. The summed E-state index contributed by atoms with van der Waals surface area (Å²) in [5.41, 5.74) is 3.40.